The number of halogens is 1. The average molecular weight is 438 g/mol. The number of thiocarbonyl (C=S) groups is 1. The van der Waals surface area contributed by atoms with Gasteiger partial charge in [-0.05, 0) is 73.9 Å². The molecular formula is C24H24ClN3OS. The molecule has 3 heterocycles. The molecule has 6 heteroatoms. The molecule has 4 nitrogen and oxygen atoms in total. The molecule has 0 unspecified atom stereocenters. The maximum absolute atomic E-state index is 6.45. The van der Waals surface area contributed by atoms with E-state index in [9.17, 15) is 0 Å². The van der Waals surface area contributed by atoms with Crippen LogP contribution in [0.1, 0.15) is 54.8 Å². The summed E-state index contributed by atoms with van der Waals surface area (Å²) in [5.41, 5.74) is 3.13. The van der Waals surface area contributed by atoms with Gasteiger partial charge < -0.3 is 14.6 Å². The fourth-order valence-corrected chi connectivity index (χ4v) is 5.32. The zero-order chi connectivity index (χ0) is 20.7. The van der Waals surface area contributed by atoms with Crippen molar-refractivity contribution >= 4 is 28.9 Å². The van der Waals surface area contributed by atoms with E-state index in [1.54, 1.807) is 0 Å². The van der Waals surface area contributed by atoms with Crippen molar-refractivity contribution < 1.29 is 4.42 Å². The second-order valence-corrected chi connectivity index (χ2v) is 8.96. The Morgan fingerprint density at radius 2 is 1.97 bits per heavy atom. The molecule has 0 amide bonds. The Bertz CT molecular complexity index is 1060. The van der Waals surface area contributed by atoms with Crippen molar-refractivity contribution in [2.24, 2.45) is 0 Å². The normalized spacial score (nSPS) is 21.9. The van der Waals surface area contributed by atoms with Gasteiger partial charge in [0.25, 0.3) is 0 Å². The quantitative estimate of drug-likeness (QED) is 0.491. The van der Waals surface area contributed by atoms with Crippen molar-refractivity contribution in [2.45, 2.75) is 50.7 Å². The van der Waals surface area contributed by atoms with Crippen LogP contribution in [0.2, 0.25) is 5.02 Å². The van der Waals surface area contributed by atoms with Crippen LogP contribution in [0.25, 0.3) is 11.3 Å². The minimum atomic E-state index is -0.0428. The zero-order valence-corrected chi connectivity index (χ0v) is 18.4. The molecule has 154 valence electrons. The molecule has 0 spiro atoms. The highest BCUT2D eigenvalue weighted by atomic mass is 35.5. The summed E-state index contributed by atoms with van der Waals surface area (Å²) >= 11 is 12.0. The Morgan fingerprint density at radius 3 is 2.73 bits per heavy atom. The van der Waals surface area contributed by atoms with E-state index in [0.717, 1.165) is 46.3 Å². The highest BCUT2D eigenvalue weighted by Gasteiger charge is 2.45. The molecule has 1 aromatic carbocycles. The van der Waals surface area contributed by atoms with Crippen molar-refractivity contribution in [1.82, 2.24) is 15.2 Å². The number of pyridine rings is 1. The molecule has 1 aliphatic heterocycles. The van der Waals surface area contributed by atoms with Gasteiger partial charge in [-0.1, -0.05) is 36.6 Å². The summed E-state index contributed by atoms with van der Waals surface area (Å²) < 4.78 is 6.45. The van der Waals surface area contributed by atoms with E-state index >= 15 is 0 Å². The van der Waals surface area contributed by atoms with Crippen LogP contribution in [0.3, 0.4) is 0 Å². The molecule has 2 atom stereocenters. The lowest BCUT2D eigenvalue weighted by atomic mass is 10.0. The standard InChI is InChI=1S/C24H24ClN3OS/c1-15-9-10-16(25)14-18(15)20-11-12-21(29-20)23-22(19-8-4-5-13-26-19)27-24(30)28(23)17-6-2-3-7-17/h4-5,8-14,17,22-23H,2-3,6-7H2,1H3,(H,27,30)/t22-,23-/m0/s1. The number of hydrogen-bond acceptors (Lipinski definition) is 3. The summed E-state index contributed by atoms with van der Waals surface area (Å²) in [6.45, 7) is 2.07. The third-order valence-corrected chi connectivity index (χ3v) is 6.80. The summed E-state index contributed by atoms with van der Waals surface area (Å²) in [7, 11) is 0. The van der Waals surface area contributed by atoms with Crippen LogP contribution in [0.5, 0.6) is 0 Å². The number of nitrogens with one attached hydrogen (secondary N) is 1. The smallest absolute Gasteiger partial charge is 0.170 e. The van der Waals surface area contributed by atoms with Crippen molar-refractivity contribution in [2.75, 3.05) is 0 Å². The highest BCUT2D eigenvalue weighted by Crippen LogP contribution is 2.44. The van der Waals surface area contributed by atoms with Crippen LogP contribution in [0.15, 0.2) is 59.1 Å². The van der Waals surface area contributed by atoms with Gasteiger partial charge in [-0.2, -0.15) is 0 Å². The van der Waals surface area contributed by atoms with E-state index in [4.69, 9.17) is 28.2 Å². The lowest BCUT2D eigenvalue weighted by molar-refractivity contribution is 0.218. The van der Waals surface area contributed by atoms with Gasteiger partial charge in [-0.15, -0.1) is 0 Å². The molecule has 0 bridgehead atoms. The van der Waals surface area contributed by atoms with Crippen molar-refractivity contribution in [3.8, 4) is 11.3 Å². The maximum atomic E-state index is 6.45. The van der Waals surface area contributed by atoms with Gasteiger partial charge in [-0.25, -0.2) is 0 Å². The van der Waals surface area contributed by atoms with E-state index in [2.05, 4.69) is 34.3 Å². The molecule has 0 radical (unpaired) electrons. The highest BCUT2D eigenvalue weighted by molar-refractivity contribution is 7.80. The summed E-state index contributed by atoms with van der Waals surface area (Å²) in [5.74, 6) is 1.73. The molecule has 1 saturated heterocycles. The molecule has 5 rings (SSSR count). The average Bonchev–Trinajstić information content (AvgIpc) is 3.49. The molecule has 2 fully saturated rings. The van der Waals surface area contributed by atoms with E-state index in [1.807, 2.05) is 42.6 Å². The van der Waals surface area contributed by atoms with Gasteiger partial charge >= 0.3 is 0 Å². The Morgan fingerprint density at radius 1 is 1.13 bits per heavy atom. The van der Waals surface area contributed by atoms with Gasteiger partial charge in [0, 0.05) is 22.8 Å². The maximum Gasteiger partial charge on any atom is 0.170 e. The van der Waals surface area contributed by atoms with Gasteiger partial charge in [-0.3, -0.25) is 4.98 Å². The molecule has 2 aliphatic rings. The third kappa shape index (κ3) is 3.50. The molecule has 1 saturated carbocycles. The first kappa shape index (κ1) is 19.6. The van der Waals surface area contributed by atoms with Gasteiger partial charge in [0.05, 0.1) is 11.7 Å². The van der Waals surface area contributed by atoms with Crippen LogP contribution < -0.4 is 5.32 Å². The number of aromatic nitrogens is 1. The van der Waals surface area contributed by atoms with E-state index < -0.39 is 0 Å². The van der Waals surface area contributed by atoms with E-state index in [1.165, 1.54) is 12.8 Å². The third-order valence-electron chi connectivity index (χ3n) is 6.24. The van der Waals surface area contributed by atoms with Crippen LogP contribution >= 0.6 is 23.8 Å². The van der Waals surface area contributed by atoms with Crippen LogP contribution in [0.4, 0.5) is 0 Å². The van der Waals surface area contributed by atoms with E-state index in [-0.39, 0.29) is 12.1 Å². The Hall–Kier alpha value is -2.37. The molecule has 1 N–H and O–H groups in total. The first-order chi connectivity index (χ1) is 14.6. The van der Waals surface area contributed by atoms with E-state index in [0.29, 0.717) is 11.1 Å². The lowest BCUT2D eigenvalue weighted by Crippen LogP contribution is -2.37. The summed E-state index contributed by atoms with van der Waals surface area (Å²) in [6.07, 6.45) is 6.65. The number of benzene rings is 1. The van der Waals surface area contributed by atoms with Gasteiger partial charge in [0.1, 0.15) is 17.6 Å². The number of aryl methyl sites for hydroxylation is 1. The zero-order valence-electron chi connectivity index (χ0n) is 16.8. The Kier molecular flexibility index (Phi) is 5.25. The lowest BCUT2D eigenvalue weighted by Gasteiger charge is -2.31. The molecule has 1 aliphatic carbocycles. The number of furan rings is 1. The van der Waals surface area contributed by atoms with Crippen LogP contribution in [-0.4, -0.2) is 21.0 Å². The SMILES string of the molecule is Cc1ccc(Cl)cc1-c1ccc([C@H]2[C@H](c3ccccn3)NC(=S)N2C2CCCC2)o1. The van der Waals surface area contributed by atoms with Crippen molar-refractivity contribution in [1.29, 1.82) is 0 Å². The molecule has 3 aromatic rings. The number of rotatable bonds is 4. The first-order valence-electron chi connectivity index (χ1n) is 10.5. The Labute approximate surface area is 187 Å². The molecule has 2 aromatic heterocycles. The minimum absolute atomic E-state index is 0.0243. The van der Waals surface area contributed by atoms with Crippen molar-refractivity contribution in [3.63, 3.8) is 0 Å². The number of nitrogens with zero attached hydrogens (tertiary/aromatic N) is 2. The molecular weight excluding hydrogens is 414 g/mol. The first-order valence-corrected chi connectivity index (χ1v) is 11.3. The van der Waals surface area contributed by atoms with Crippen LogP contribution in [0, 0.1) is 6.92 Å². The molecule has 30 heavy (non-hydrogen) atoms. The minimum Gasteiger partial charge on any atom is -0.459 e. The fourth-order valence-electron chi connectivity index (χ4n) is 4.76. The largest absolute Gasteiger partial charge is 0.459 e. The second-order valence-electron chi connectivity index (χ2n) is 8.13. The second kappa shape index (κ2) is 8.05. The van der Waals surface area contributed by atoms with Crippen LogP contribution in [-0.2, 0) is 0 Å². The van der Waals surface area contributed by atoms with Gasteiger partial charge in [0.15, 0.2) is 5.11 Å². The Balaban J connectivity index is 1.56. The van der Waals surface area contributed by atoms with Crippen molar-refractivity contribution in [3.05, 3.63) is 76.8 Å². The van der Waals surface area contributed by atoms with Gasteiger partial charge in [0.2, 0.25) is 0 Å². The monoisotopic (exact) mass is 437 g/mol. The predicted molar refractivity (Wildman–Crippen MR) is 123 cm³/mol. The summed E-state index contributed by atoms with van der Waals surface area (Å²) in [4.78, 5) is 6.97. The predicted octanol–water partition coefficient (Wildman–Crippen LogP) is 6.22. The fraction of sp³-hybridized carbons (Fsp3) is 0.333. The summed E-state index contributed by atoms with van der Waals surface area (Å²) in [5, 5.41) is 5.02. The number of hydrogen-bond donors (Lipinski definition) is 1. The topological polar surface area (TPSA) is 41.3 Å². The summed E-state index contributed by atoms with van der Waals surface area (Å²) in [6, 6.07) is 16.4.